The van der Waals surface area contributed by atoms with Gasteiger partial charge in [-0.1, -0.05) is 0 Å². The van der Waals surface area contributed by atoms with E-state index in [1.54, 1.807) is 0 Å². The van der Waals surface area contributed by atoms with Crippen molar-refractivity contribution in [3.63, 3.8) is 0 Å². The largest absolute Gasteiger partial charge is 0.325 e. The zero-order valence-corrected chi connectivity index (χ0v) is 8.52. The molecule has 0 aromatic carbocycles. The van der Waals surface area contributed by atoms with E-state index in [-0.39, 0.29) is 6.42 Å². The van der Waals surface area contributed by atoms with Gasteiger partial charge in [-0.05, 0) is 31.2 Å². The number of alkyl halides is 2. The molecule has 0 amide bonds. The molecule has 0 radical (unpaired) electrons. The summed E-state index contributed by atoms with van der Waals surface area (Å²) in [7, 11) is 0. The van der Waals surface area contributed by atoms with E-state index in [0.29, 0.717) is 5.69 Å². The third kappa shape index (κ3) is 2.17. The molecule has 5 heteroatoms. The average Bonchev–Trinajstić information content (AvgIpc) is 2.62. The monoisotopic (exact) mass is 215 g/mol. The van der Waals surface area contributed by atoms with Gasteiger partial charge in [0.2, 0.25) is 0 Å². The van der Waals surface area contributed by atoms with Crippen LogP contribution >= 0.6 is 0 Å². The second-order valence-corrected chi connectivity index (χ2v) is 4.07. The van der Waals surface area contributed by atoms with Gasteiger partial charge in [-0.3, -0.25) is 5.10 Å². The molecule has 0 saturated carbocycles. The fourth-order valence-electron chi connectivity index (χ4n) is 2.01. The summed E-state index contributed by atoms with van der Waals surface area (Å²) in [4.78, 5) is 0. The van der Waals surface area contributed by atoms with Crippen molar-refractivity contribution in [2.75, 3.05) is 6.54 Å². The first-order chi connectivity index (χ1) is 7.12. The molecule has 1 aromatic rings. The van der Waals surface area contributed by atoms with Gasteiger partial charge in [-0.15, -0.1) is 0 Å². The van der Waals surface area contributed by atoms with Crippen LogP contribution in [-0.2, 0) is 19.3 Å². The minimum atomic E-state index is -2.83. The van der Waals surface area contributed by atoms with Crippen molar-refractivity contribution in [3.05, 3.63) is 17.0 Å². The van der Waals surface area contributed by atoms with Crippen LogP contribution in [0.15, 0.2) is 0 Å². The summed E-state index contributed by atoms with van der Waals surface area (Å²) >= 11 is 0. The Morgan fingerprint density at radius 2 is 2.07 bits per heavy atom. The van der Waals surface area contributed by atoms with Crippen LogP contribution in [0.5, 0.6) is 0 Å². The van der Waals surface area contributed by atoms with E-state index in [1.807, 2.05) is 0 Å². The number of aryl methyl sites for hydroxylation is 1. The first-order valence-corrected chi connectivity index (χ1v) is 5.25. The van der Waals surface area contributed by atoms with E-state index in [0.717, 1.165) is 36.9 Å². The van der Waals surface area contributed by atoms with Gasteiger partial charge >= 0.3 is 0 Å². The summed E-state index contributed by atoms with van der Waals surface area (Å²) in [6.45, 7) is -0.616. The lowest BCUT2D eigenvalue weighted by atomic mass is 9.94. The van der Waals surface area contributed by atoms with Crippen LogP contribution in [0.1, 0.15) is 29.8 Å². The van der Waals surface area contributed by atoms with E-state index in [4.69, 9.17) is 5.73 Å². The van der Waals surface area contributed by atoms with Crippen molar-refractivity contribution < 1.29 is 8.78 Å². The maximum atomic E-state index is 13.1. The van der Waals surface area contributed by atoms with Gasteiger partial charge in [0.25, 0.3) is 5.92 Å². The number of aromatic amines is 1. The number of hydrogen-bond donors (Lipinski definition) is 2. The van der Waals surface area contributed by atoms with Gasteiger partial charge in [0.05, 0.1) is 18.7 Å². The molecular formula is C10H15F2N3. The predicted octanol–water partition coefficient (Wildman–Crippen LogP) is 1.42. The SMILES string of the molecule is NCC(F)(F)Cc1n[nH]c2c1CCCC2. The van der Waals surface area contributed by atoms with Crippen LogP contribution in [0, 0.1) is 0 Å². The van der Waals surface area contributed by atoms with Crippen molar-refractivity contribution in [1.29, 1.82) is 0 Å². The fourth-order valence-corrected chi connectivity index (χ4v) is 2.01. The Morgan fingerprint density at radius 1 is 1.33 bits per heavy atom. The van der Waals surface area contributed by atoms with Crippen LogP contribution in [0.2, 0.25) is 0 Å². The molecule has 3 nitrogen and oxygen atoms in total. The Bertz CT molecular complexity index is 346. The maximum absolute atomic E-state index is 13.1. The third-order valence-corrected chi connectivity index (χ3v) is 2.87. The minimum Gasteiger partial charge on any atom is -0.325 e. The first-order valence-electron chi connectivity index (χ1n) is 5.25. The Labute approximate surface area is 87.0 Å². The molecular weight excluding hydrogens is 200 g/mol. The Hall–Kier alpha value is -0.970. The number of hydrogen-bond acceptors (Lipinski definition) is 2. The second-order valence-electron chi connectivity index (χ2n) is 4.07. The molecule has 0 spiro atoms. The highest BCUT2D eigenvalue weighted by atomic mass is 19.3. The molecule has 1 aromatic heterocycles. The summed E-state index contributed by atoms with van der Waals surface area (Å²) in [6, 6.07) is 0. The van der Waals surface area contributed by atoms with Crippen LogP contribution in [-0.4, -0.2) is 22.7 Å². The molecule has 0 saturated heterocycles. The maximum Gasteiger partial charge on any atom is 0.265 e. The number of aromatic nitrogens is 2. The molecule has 1 aliphatic carbocycles. The van der Waals surface area contributed by atoms with Crippen LogP contribution < -0.4 is 5.73 Å². The second kappa shape index (κ2) is 3.89. The third-order valence-electron chi connectivity index (χ3n) is 2.87. The van der Waals surface area contributed by atoms with Gasteiger partial charge in [0.15, 0.2) is 0 Å². The first kappa shape index (κ1) is 10.5. The number of nitrogens with one attached hydrogen (secondary N) is 1. The quantitative estimate of drug-likeness (QED) is 0.801. The van der Waals surface area contributed by atoms with Crippen molar-refractivity contribution in [3.8, 4) is 0 Å². The van der Waals surface area contributed by atoms with Gasteiger partial charge in [-0.25, -0.2) is 8.78 Å². The van der Waals surface area contributed by atoms with Crippen molar-refractivity contribution in [2.45, 2.75) is 38.0 Å². The molecule has 2 rings (SSSR count). The van der Waals surface area contributed by atoms with Crippen LogP contribution in [0.4, 0.5) is 8.78 Å². The zero-order valence-electron chi connectivity index (χ0n) is 8.52. The molecule has 84 valence electrons. The summed E-state index contributed by atoms with van der Waals surface area (Å²) in [6.07, 6.45) is 3.63. The molecule has 0 bridgehead atoms. The van der Waals surface area contributed by atoms with Crippen LogP contribution in [0.25, 0.3) is 0 Å². The van der Waals surface area contributed by atoms with E-state index in [2.05, 4.69) is 10.2 Å². The molecule has 0 fully saturated rings. The lowest BCUT2D eigenvalue weighted by molar-refractivity contribution is 0.0103. The Morgan fingerprint density at radius 3 is 2.80 bits per heavy atom. The normalized spacial score (nSPS) is 16.5. The number of fused-ring (bicyclic) bond motifs is 1. The standard InChI is InChI=1S/C10H15F2N3/c11-10(12,6-13)5-9-7-3-1-2-4-8(7)14-15-9/h1-6,13H2,(H,14,15). The zero-order chi connectivity index (χ0) is 10.9. The number of nitrogens with two attached hydrogens (primary N) is 1. The summed E-state index contributed by atoms with van der Waals surface area (Å²) in [5.74, 6) is -2.83. The minimum absolute atomic E-state index is 0.338. The molecule has 15 heavy (non-hydrogen) atoms. The highest BCUT2D eigenvalue weighted by molar-refractivity contribution is 5.28. The Kier molecular flexibility index (Phi) is 2.73. The van der Waals surface area contributed by atoms with Crippen molar-refractivity contribution in [1.82, 2.24) is 10.2 Å². The van der Waals surface area contributed by atoms with Crippen molar-refractivity contribution in [2.24, 2.45) is 5.73 Å². The summed E-state index contributed by atoms with van der Waals surface area (Å²) in [5, 5.41) is 6.82. The fraction of sp³-hybridized carbons (Fsp3) is 0.700. The van der Waals surface area contributed by atoms with E-state index < -0.39 is 12.5 Å². The molecule has 3 N–H and O–H groups in total. The van der Waals surface area contributed by atoms with E-state index >= 15 is 0 Å². The lowest BCUT2D eigenvalue weighted by Gasteiger charge is -2.15. The number of halogens is 2. The van der Waals surface area contributed by atoms with Crippen molar-refractivity contribution >= 4 is 0 Å². The van der Waals surface area contributed by atoms with Gasteiger partial charge in [-0.2, -0.15) is 5.10 Å². The van der Waals surface area contributed by atoms with Gasteiger partial charge in [0.1, 0.15) is 0 Å². The molecule has 0 unspecified atom stereocenters. The number of nitrogens with zero attached hydrogens (tertiary/aromatic N) is 1. The average molecular weight is 215 g/mol. The molecule has 1 aliphatic rings. The number of H-pyrrole nitrogens is 1. The van der Waals surface area contributed by atoms with E-state index in [1.165, 1.54) is 0 Å². The highest BCUT2D eigenvalue weighted by Gasteiger charge is 2.30. The summed E-state index contributed by atoms with van der Waals surface area (Å²) in [5.41, 5.74) is 7.54. The smallest absolute Gasteiger partial charge is 0.265 e. The van der Waals surface area contributed by atoms with Gasteiger partial charge < -0.3 is 5.73 Å². The number of rotatable bonds is 3. The summed E-state index contributed by atoms with van der Waals surface area (Å²) < 4.78 is 26.2. The molecule has 1 heterocycles. The lowest BCUT2D eigenvalue weighted by Crippen LogP contribution is -2.30. The Balaban J connectivity index is 2.19. The van der Waals surface area contributed by atoms with E-state index in [9.17, 15) is 8.78 Å². The molecule has 0 atom stereocenters. The predicted molar refractivity (Wildman–Crippen MR) is 52.9 cm³/mol. The topological polar surface area (TPSA) is 54.7 Å². The molecule has 0 aliphatic heterocycles. The highest BCUT2D eigenvalue weighted by Crippen LogP contribution is 2.26. The van der Waals surface area contributed by atoms with Gasteiger partial charge in [0, 0.05) is 5.69 Å². The van der Waals surface area contributed by atoms with Crippen LogP contribution in [0.3, 0.4) is 0 Å².